The third kappa shape index (κ3) is 2.14. The minimum Gasteiger partial charge on any atom is -0.508 e. The summed E-state index contributed by atoms with van der Waals surface area (Å²) in [5.74, 6) is 2.58. The van der Waals surface area contributed by atoms with Gasteiger partial charge in [0.25, 0.3) is 0 Å². The molecule has 5 unspecified atom stereocenters. The van der Waals surface area contributed by atoms with Crippen LogP contribution < -0.4 is 5.32 Å². The Kier molecular flexibility index (Phi) is 3.53. The number of benzene rings is 1. The van der Waals surface area contributed by atoms with E-state index in [1.807, 2.05) is 12.1 Å². The number of nitrogens with one attached hydrogen (secondary N) is 1. The summed E-state index contributed by atoms with van der Waals surface area (Å²) in [6.45, 7) is 9.18. The minimum atomic E-state index is 0.331. The van der Waals surface area contributed by atoms with E-state index in [9.17, 15) is 5.11 Å². The highest BCUT2D eigenvalue weighted by atomic mass is 16.3. The molecule has 0 heterocycles. The predicted octanol–water partition coefficient (Wildman–Crippen LogP) is 4.27. The molecule has 2 N–H and O–H groups in total. The molecule has 0 saturated heterocycles. The van der Waals surface area contributed by atoms with Crippen molar-refractivity contribution in [2.75, 3.05) is 0 Å². The molecule has 110 valence electrons. The maximum absolute atomic E-state index is 10.3. The van der Waals surface area contributed by atoms with Gasteiger partial charge in [-0.25, -0.2) is 0 Å². The first-order valence-corrected chi connectivity index (χ1v) is 8.07. The maximum Gasteiger partial charge on any atom is 0.120 e. The van der Waals surface area contributed by atoms with Gasteiger partial charge in [-0.15, -0.1) is 0 Å². The maximum atomic E-state index is 10.3. The lowest BCUT2D eigenvalue weighted by Crippen LogP contribution is -2.34. The zero-order valence-electron chi connectivity index (χ0n) is 13.1. The summed E-state index contributed by atoms with van der Waals surface area (Å²) in [6, 6.07) is 4.85. The second kappa shape index (κ2) is 5.07. The number of rotatable bonds is 2. The molecule has 1 aromatic rings. The van der Waals surface area contributed by atoms with Crippen LogP contribution in [-0.4, -0.2) is 11.1 Å². The lowest BCUT2D eigenvalue weighted by Gasteiger charge is -2.25. The Morgan fingerprint density at radius 2 is 1.85 bits per heavy atom. The Labute approximate surface area is 122 Å². The van der Waals surface area contributed by atoms with Crippen molar-refractivity contribution in [3.8, 4) is 5.75 Å². The van der Waals surface area contributed by atoms with E-state index in [-0.39, 0.29) is 0 Å². The quantitative estimate of drug-likeness (QED) is 0.843. The van der Waals surface area contributed by atoms with Crippen LogP contribution in [0.4, 0.5) is 0 Å². The molecule has 0 radical (unpaired) electrons. The molecule has 2 heteroatoms. The number of fused-ring (bicyclic) bond motifs is 1. The van der Waals surface area contributed by atoms with Crippen LogP contribution in [-0.2, 0) is 0 Å². The van der Waals surface area contributed by atoms with Crippen LogP contribution in [0, 0.1) is 18.8 Å². The van der Waals surface area contributed by atoms with Gasteiger partial charge in [0, 0.05) is 17.6 Å². The van der Waals surface area contributed by atoms with Gasteiger partial charge in [0.15, 0.2) is 0 Å². The predicted molar refractivity (Wildman–Crippen MR) is 83.1 cm³/mol. The molecular formula is C18H27NO. The van der Waals surface area contributed by atoms with Gasteiger partial charge in [-0.3, -0.25) is 0 Å². The summed E-state index contributed by atoms with van der Waals surface area (Å²) in [7, 11) is 0. The van der Waals surface area contributed by atoms with Crippen LogP contribution in [0.25, 0.3) is 0 Å². The lowest BCUT2D eigenvalue weighted by molar-refractivity contribution is 0.330. The molecule has 0 bridgehead atoms. The van der Waals surface area contributed by atoms with Crippen molar-refractivity contribution in [1.82, 2.24) is 5.32 Å². The van der Waals surface area contributed by atoms with E-state index in [0.29, 0.717) is 23.8 Å². The SMILES string of the molecule is Cc1ccc(O)c2c1C(C)CC2NC1CCC(C)C1C. The van der Waals surface area contributed by atoms with E-state index >= 15 is 0 Å². The third-order valence-corrected chi connectivity index (χ3v) is 5.79. The van der Waals surface area contributed by atoms with Crippen LogP contribution in [0.5, 0.6) is 5.75 Å². The summed E-state index contributed by atoms with van der Waals surface area (Å²) in [6.07, 6.45) is 3.72. The Hall–Kier alpha value is -1.02. The van der Waals surface area contributed by atoms with Crippen molar-refractivity contribution >= 4 is 0 Å². The molecule has 20 heavy (non-hydrogen) atoms. The van der Waals surface area contributed by atoms with Crippen molar-refractivity contribution < 1.29 is 5.11 Å². The van der Waals surface area contributed by atoms with Crippen LogP contribution in [0.2, 0.25) is 0 Å². The first-order valence-electron chi connectivity index (χ1n) is 8.07. The molecule has 2 aliphatic rings. The van der Waals surface area contributed by atoms with E-state index in [1.165, 1.54) is 29.5 Å². The molecule has 0 spiro atoms. The molecule has 0 aromatic heterocycles. The number of hydrogen-bond acceptors (Lipinski definition) is 2. The van der Waals surface area contributed by atoms with Crippen molar-refractivity contribution in [2.24, 2.45) is 11.8 Å². The largest absolute Gasteiger partial charge is 0.508 e. The fourth-order valence-corrected chi connectivity index (χ4v) is 4.35. The molecule has 1 fully saturated rings. The molecule has 2 nitrogen and oxygen atoms in total. The van der Waals surface area contributed by atoms with Gasteiger partial charge in [-0.05, 0) is 61.1 Å². The van der Waals surface area contributed by atoms with Crippen molar-refractivity contribution in [1.29, 1.82) is 0 Å². The zero-order valence-corrected chi connectivity index (χ0v) is 13.1. The van der Waals surface area contributed by atoms with Crippen LogP contribution in [0.3, 0.4) is 0 Å². The average Bonchev–Trinajstić information content (AvgIpc) is 2.90. The van der Waals surface area contributed by atoms with Gasteiger partial charge in [0.05, 0.1) is 0 Å². The van der Waals surface area contributed by atoms with Gasteiger partial charge in [-0.1, -0.05) is 26.8 Å². The van der Waals surface area contributed by atoms with E-state index < -0.39 is 0 Å². The fraction of sp³-hybridized carbons (Fsp3) is 0.667. The number of aryl methyl sites for hydroxylation is 1. The summed E-state index contributed by atoms with van der Waals surface area (Å²) in [5.41, 5.74) is 3.87. The lowest BCUT2D eigenvalue weighted by atomic mass is 9.96. The number of phenolic OH excluding ortho intramolecular Hbond substituents is 1. The van der Waals surface area contributed by atoms with E-state index in [2.05, 4.69) is 33.0 Å². The van der Waals surface area contributed by atoms with Crippen molar-refractivity contribution in [3.05, 3.63) is 28.8 Å². The normalized spacial score (nSPS) is 36.3. The fourth-order valence-electron chi connectivity index (χ4n) is 4.35. The topological polar surface area (TPSA) is 32.3 Å². The van der Waals surface area contributed by atoms with Crippen LogP contribution in [0.1, 0.15) is 68.7 Å². The first-order chi connectivity index (χ1) is 9.49. The van der Waals surface area contributed by atoms with Crippen LogP contribution >= 0.6 is 0 Å². The summed E-state index contributed by atoms with van der Waals surface area (Å²) in [5, 5.41) is 14.1. The molecule has 5 atom stereocenters. The Morgan fingerprint density at radius 1 is 1.10 bits per heavy atom. The molecule has 3 rings (SSSR count). The van der Waals surface area contributed by atoms with Crippen molar-refractivity contribution in [3.63, 3.8) is 0 Å². The van der Waals surface area contributed by atoms with Gasteiger partial charge in [-0.2, -0.15) is 0 Å². The monoisotopic (exact) mass is 273 g/mol. The standard InChI is InChI=1S/C18H27NO/c1-10-5-7-14(13(10)4)19-15-9-12(3)17-11(2)6-8-16(20)18(15)17/h6,8,10,12-15,19-20H,5,7,9H2,1-4H3. The second-order valence-electron chi connectivity index (χ2n) is 7.11. The second-order valence-corrected chi connectivity index (χ2v) is 7.11. The minimum absolute atomic E-state index is 0.331. The van der Waals surface area contributed by atoms with Gasteiger partial charge >= 0.3 is 0 Å². The first kappa shape index (κ1) is 13.9. The van der Waals surface area contributed by atoms with Crippen LogP contribution in [0.15, 0.2) is 12.1 Å². The molecule has 0 aliphatic heterocycles. The highest BCUT2D eigenvalue weighted by Gasteiger charge is 2.36. The number of aromatic hydroxyl groups is 1. The Balaban J connectivity index is 1.86. The highest BCUT2D eigenvalue weighted by Crippen LogP contribution is 2.47. The average molecular weight is 273 g/mol. The number of hydrogen-bond donors (Lipinski definition) is 2. The van der Waals surface area contributed by atoms with E-state index in [4.69, 9.17) is 0 Å². The van der Waals surface area contributed by atoms with Gasteiger partial charge < -0.3 is 10.4 Å². The van der Waals surface area contributed by atoms with E-state index in [1.54, 1.807) is 0 Å². The number of phenols is 1. The Bertz CT molecular complexity index is 510. The molecule has 0 amide bonds. The van der Waals surface area contributed by atoms with Gasteiger partial charge in [0.1, 0.15) is 5.75 Å². The molecule has 1 aromatic carbocycles. The third-order valence-electron chi connectivity index (χ3n) is 5.79. The summed E-state index contributed by atoms with van der Waals surface area (Å²) >= 11 is 0. The highest BCUT2D eigenvalue weighted by molar-refractivity contribution is 5.50. The Morgan fingerprint density at radius 3 is 2.50 bits per heavy atom. The molecular weight excluding hydrogens is 246 g/mol. The summed E-state index contributed by atoms with van der Waals surface area (Å²) in [4.78, 5) is 0. The smallest absolute Gasteiger partial charge is 0.120 e. The molecule has 1 saturated carbocycles. The van der Waals surface area contributed by atoms with Gasteiger partial charge in [0.2, 0.25) is 0 Å². The van der Waals surface area contributed by atoms with Crippen molar-refractivity contribution in [2.45, 2.75) is 65.0 Å². The molecule has 2 aliphatic carbocycles. The summed E-state index contributed by atoms with van der Waals surface area (Å²) < 4.78 is 0. The van der Waals surface area contributed by atoms with E-state index in [0.717, 1.165) is 18.3 Å². The zero-order chi connectivity index (χ0) is 14.4.